The van der Waals surface area contributed by atoms with Crippen LogP contribution in [-0.4, -0.2) is 81.0 Å². The number of piperazine rings is 1. The Morgan fingerprint density at radius 3 is 2.41 bits per heavy atom. The molecule has 2 atom stereocenters. The Bertz CT molecular complexity index is 1360. The third kappa shape index (κ3) is 7.31. The smallest absolute Gasteiger partial charge is 0.414 e. The predicted octanol–water partition coefficient (Wildman–Crippen LogP) is 3.50. The highest BCUT2D eigenvalue weighted by Crippen LogP contribution is 2.31. The molecule has 3 aromatic rings. The second kappa shape index (κ2) is 13.2. The lowest BCUT2D eigenvalue weighted by molar-refractivity contribution is -0.159. The number of fused-ring (bicyclic) bond motifs is 1. The third-order valence-electron chi connectivity index (χ3n) is 7.19. The summed E-state index contributed by atoms with van der Waals surface area (Å²) in [7, 11) is 0. The van der Waals surface area contributed by atoms with Crippen molar-refractivity contribution in [3.63, 3.8) is 0 Å². The summed E-state index contributed by atoms with van der Waals surface area (Å²) in [4.78, 5) is 32.7. The topological polar surface area (TPSA) is 127 Å². The molecule has 2 aliphatic rings. The zero-order valence-corrected chi connectivity index (χ0v) is 22.1. The molecule has 9 heteroatoms. The fourth-order valence-electron chi connectivity index (χ4n) is 4.95. The molecule has 2 fully saturated rings. The number of carboxylic acids is 2. The number of hydrogen-bond acceptors (Lipinski definition) is 7. The number of aliphatic hydroxyl groups is 1. The van der Waals surface area contributed by atoms with Crippen LogP contribution in [0.25, 0.3) is 22.0 Å². The van der Waals surface area contributed by atoms with Crippen LogP contribution in [0.4, 0.5) is 5.82 Å². The van der Waals surface area contributed by atoms with Gasteiger partial charge in [0.15, 0.2) is 0 Å². The van der Waals surface area contributed by atoms with Crippen molar-refractivity contribution >= 4 is 28.5 Å². The minimum absolute atomic E-state index is 0.0522. The van der Waals surface area contributed by atoms with Gasteiger partial charge in [-0.1, -0.05) is 50.0 Å². The zero-order chi connectivity index (χ0) is 27.8. The van der Waals surface area contributed by atoms with Crippen molar-refractivity contribution < 1.29 is 24.9 Å². The molecule has 1 aliphatic carbocycles. The van der Waals surface area contributed by atoms with Gasteiger partial charge < -0.3 is 25.1 Å². The molecule has 0 spiro atoms. The van der Waals surface area contributed by atoms with Gasteiger partial charge in [0.25, 0.3) is 0 Å². The summed E-state index contributed by atoms with van der Waals surface area (Å²) in [5, 5.41) is 27.4. The van der Waals surface area contributed by atoms with Crippen LogP contribution in [0, 0.1) is 17.8 Å². The van der Waals surface area contributed by atoms with Gasteiger partial charge in [-0.05, 0) is 48.9 Å². The van der Waals surface area contributed by atoms with Crippen LogP contribution >= 0.6 is 0 Å². The molecule has 3 N–H and O–H groups in total. The maximum absolute atomic E-state index is 10.2. The maximum atomic E-state index is 10.2. The number of aliphatic carboxylic acids is 2. The van der Waals surface area contributed by atoms with E-state index in [0.717, 1.165) is 81.2 Å². The second-order valence-corrected chi connectivity index (χ2v) is 9.74. The van der Waals surface area contributed by atoms with Gasteiger partial charge in [0.05, 0.1) is 11.8 Å². The predicted molar refractivity (Wildman–Crippen MR) is 149 cm³/mol. The number of benzene rings is 1. The number of nitrogens with zero attached hydrogens (tertiary/aromatic N) is 4. The van der Waals surface area contributed by atoms with Crippen LogP contribution in [0.1, 0.15) is 38.3 Å². The summed E-state index contributed by atoms with van der Waals surface area (Å²) >= 11 is 0. The summed E-state index contributed by atoms with van der Waals surface area (Å²) in [6.07, 6.45) is 5.55. The molecular formula is C30H34N4O5. The van der Waals surface area contributed by atoms with Gasteiger partial charge >= 0.3 is 11.9 Å². The lowest BCUT2D eigenvalue weighted by Gasteiger charge is -2.35. The van der Waals surface area contributed by atoms with Gasteiger partial charge in [0.2, 0.25) is 0 Å². The fraction of sp³-hybridized carbons (Fsp3) is 0.400. The van der Waals surface area contributed by atoms with E-state index in [4.69, 9.17) is 24.8 Å². The largest absolute Gasteiger partial charge is 0.473 e. The standard InChI is InChI=1S/C28H32N4O.C2H2O4/c1-2-31-15-17-32(18-16-31)28-25-9-5-3-8-22(25)20-26(30-28)23-13-14-29-24(19-23)12-11-21-7-4-6-10-27(21)33;3-1(4)2(5)6/h3,5,8-9,13-14,19-21,27,33H,2,4,6-7,10,15-18H2,1H3;(H,3,4)(H,5,6). The van der Waals surface area contributed by atoms with Crippen LogP contribution in [-0.2, 0) is 9.59 Å². The van der Waals surface area contributed by atoms with Crippen molar-refractivity contribution in [3.8, 4) is 23.1 Å². The van der Waals surface area contributed by atoms with E-state index in [1.165, 1.54) is 10.8 Å². The first-order valence-electron chi connectivity index (χ1n) is 13.3. The number of aromatic nitrogens is 2. The molecule has 0 bridgehead atoms. The third-order valence-corrected chi connectivity index (χ3v) is 7.19. The molecule has 5 rings (SSSR count). The van der Waals surface area contributed by atoms with E-state index >= 15 is 0 Å². The van der Waals surface area contributed by atoms with Gasteiger partial charge in [-0.3, -0.25) is 0 Å². The molecule has 1 saturated carbocycles. The molecule has 1 aliphatic heterocycles. The lowest BCUT2D eigenvalue weighted by atomic mass is 9.87. The quantitative estimate of drug-likeness (QED) is 0.344. The summed E-state index contributed by atoms with van der Waals surface area (Å²) in [6.45, 7) is 7.44. The Morgan fingerprint density at radius 2 is 1.72 bits per heavy atom. The fourth-order valence-corrected chi connectivity index (χ4v) is 4.95. The van der Waals surface area contributed by atoms with Crippen molar-refractivity contribution in [1.82, 2.24) is 14.9 Å². The van der Waals surface area contributed by atoms with E-state index in [2.05, 4.69) is 63.9 Å². The molecule has 0 radical (unpaired) electrons. The average molecular weight is 531 g/mol. The Labute approximate surface area is 228 Å². The summed E-state index contributed by atoms with van der Waals surface area (Å²) < 4.78 is 0. The molecular weight excluding hydrogens is 496 g/mol. The summed E-state index contributed by atoms with van der Waals surface area (Å²) in [5.41, 5.74) is 2.71. The average Bonchev–Trinajstić information content (AvgIpc) is 2.96. The number of carboxylic acid groups (broad SMARTS) is 2. The SMILES string of the molecule is CCN1CCN(c2nc(-c3ccnc(C#CC4CCCCC4O)c3)cc3ccccc23)CC1.O=C(O)C(=O)O. The molecule has 1 aromatic carbocycles. The summed E-state index contributed by atoms with van der Waals surface area (Å²) in [6, 6.07) is 14.7. The molecule has 1 saturated heterocycles. The second-order valence-electron chi connectivity index (χ2n) is 9.74. The molecule has 204 valence electrons. The molecule has 2 aromatic heterocycles. The number of hydrogen-bond donors (Lipinski definition) is 3. The van der Waals surface area contributed by atoms with Crippen molar-refractivity contribution in [2.24, 2.45) is 5.92 Å². The van der Waals surface area contributed by atoms with E-state index in [0.29, 0.717) is 0 Å². The van der Waals surface area contributed by atoms with Gasteiger partial charge in [0, 0.05) is 49.2 Å². The number of anilines is 1. The number of likely N-dealkylation sites (N-methyl/N-ethyl adjacent to an activating group) is 1. The minimum Gasteiger partial charge on any atom is -0.473 e. The highest BCUT2D eigenvalue weighted by Gasteiger charge is 2.21. The first-order valence-corrected chi connectivity index (χ1v) is 13.3. The first kappa shape index (κ1) is 28.0. The van der Waals surface area contributed by atoms with Gasteiger partial charge in [-0.15, -0.1) is 0 Å². The Morgan fingerprint density at radius 1 is 1.00 bits per heavy atom. The van der Waals surface area contributed by atoms with Crippen LogP contribution in [0.3, 0.4) is 0 Å². The Kier molecular flexibility index (Phi) is 9.47. The number of carbonyl (C=O) groups is 2. The van der Waals surface area contributed by atoms with Crippen molar-refractivity contribution in [1.29, 1.82) is 0 Å². The van der Waals surface area contributed by atoms with Gasteiger partial charge in [0.1, 0.15) is 11.5 Å². The number of aliphatic hydroxyl groups excluding tert-OH is 1. The Hall–Kier alpha value is -4.00. The van der Waals surface area contributed by atoms with Crippen LogP contribution in [0.5, 0.6) is 0 Å². The van der Waals surface area contributed by atoms with E-state index < -0.39 is 11.9 Å². The van der Waals surface area contributed by atoms with E-state index in [1.54, 1.807) is 0 Å². The number of pyridine rings is 2. The van der Waals surface area contributed by atoms with Crippen molar-refractivity contribution in [2.75, 3.05) is 37.6 Å². The zero-order valence-electron chi connectivity index (χ0n) is 22.1. The molecule has 39 heavy (non-hydrogen) atoms. The Balaban J connectivity index is 0.000000531. The molecule has 3 heterocycles. The minimum atomic E-state index is -1.82. The van der Waals surface area contributed by atoms with Gasteiger partial charge in [-0.2, -0.15) is 0 Å². The number of rotatable bonds is 3. The highest BCUT2D eigenvalue weighted by atomic mass is 16.4. The lowest BCUT2D eigenvalue weighted by Crippen LogP contribution is -2.46. The van der Waals surface area contributed by atoms with Gasteiger partial charge in [-0.25, -0.2) is 19.6 Å². The monoisotopic (exact) mass is 530 g/mol. The normalized spacial score (nSPS) is 19.4. The first-order chi connectivity index (χ1) is 18.9. The van der Waals surface area contributed by atoms with Crippen LogP contribution < -0.4 is 4.90 Å². The molecule has 2 unspecified atom stereocenters. The maximum Gasteiger partial charge on any atom is 0.414 e. The van der Waals surface area contributed by atoms with E-state index in [1.807, 2.05) is 18.3 Å². The highest BCUT2D eigenvalue weighted by molar-refractivity contribution is 6.27. The summed E-state index contributed by atoms with van der Waals surface area (Å²) in [5.74, 6) is 3.96. The van der Waals surface area contributed by atoms with E-state index in [9.17, 15) is 5.11 Å². The molecule has 9 nitrogen and oxygen atoms in total. The van der Waals surface area contributed by atoms with Crippen molar-refractivity contribution in [3.05, 3.63) is 54.4 Å². The van der Waals surface area contributed by atoms with Crippen LogP contribution in [0.15, 0.2) is 48.7 Å². The van der Waals surface area contributed by atoms with Crippen molar-refractivity contribution in [2.45, 2.75) is 38.7 Å². The van der Waals surface area contributed by atoms with Crippen LogP contribution in [0.2, 0.25) is 0 Å². The molecule has 0 amide bonds. The van der Waals surface area contributed by atoms with E-state index in [-0.39, 0.29) is 12.0 Å².